The number of nitrogens with one attached hydrogen (secondary N) is 2. The van der Waals surface area contributed by atoms with Gasteiger partial charge in [0, 0.05) is 30.7 Å². The van der Waals surface area contributed by atoms with Crippen LogP contribution in [0.25, 0.3) is 0 Å². The van der Waals surface area contributed by atoms with Gasteiger partial charge in [0.15, 0.2) is 11.6 Å². The Morgan fingerprint density at radius 1 is 1.34 bits per heavy atom. The van der Waals surface area contributed by atoms with Crippen LogP contribution in [0.5, 0.6) is 5.75 Å². The Labute approximate surface area is 167 Å². The molecule has 2 N–H and O–H groups in total. The fourth-order valence-corrected chi connectivity index (χ4v) is 2.85. The SMILES string of the molecule is CC(C)(C)NC(=O)CN1CCO[C@@H](CNC(=O)c2ccc(F)c(OC(F)F)c2)C1. The number of nitrogens with zero attached hydrogens (tertiary/aromatic N) is 1. The molecule has 10 heteroatoms. The predicted molar refractivity (Wildman–Crippen MR) is 99.4 cm³/mol. The molecule has 0 aromatic heterocycles. The number of hydrogen-bond acceptors (Lipinski definition) is 5. The number of halogens is 3. The van der Waals surface area contributed by atoms with Gasteiger partial charge in [0.2, 0.25) is 5.91 Å². The van der Waals surface area contributed by atoms with Gasteiger partial charge in [-0.1, -0.05) is 0 Å². The van der Waals surface area contributed by atoms with Crippen LogP contribution in [0.1, 0.15) is 31.1 Å². The number of alkyl halides is 2. The van der Waals surface area contributed by atoms with Crippen LogP contribution in [-0.2, 0) is 9.53 Å². The third kappa shape index (κ3) is 7.90. The first-order valence-corrected chi connectivity index (χ1v) is 9.21. The normalized spacial score (nSPS) is 17.8. The zero-order valence-corrected chi connectivity index (χ0v) is 16.6. The Balaban J connectivity index is 1.86. The van der Waals surface area contributed by atoms with Gasteiger partial charge in [-0.2, -0.15) is 8.78 Å². The fourth-order valence-electron chi connectivity index (χ4n) is 2.85. The number of carbonyl (C=O) groups excluding carboxylic acids is 2. The summed E-state index contributed by atoms with van der Waals surface area (Å²) in [6.45, 7) is 4.32. The molecule has 1 aromatic rings. The fraction of sp³-hybridized carbons (Fsp3) is 0.579. The van der Waals surface area contributed by atoms with Crippen molar-refractivity contribution in [1.82, 2.24) is 15.5 Å². The van der Waals surface area contributed by atoms with Crippen molar-refractivity contribution in [1.29, 1.82) is 0 Å². The Kier molecular flexibility index (Phi) is 7.86. The van der Waals surface area contributed by atoms with Crippen LogP contribution in [0.4, 0.5) is 13.2 Å². The smallest absolute Gasteiger partial charge is 0.387 e. The summed E-state index contributed by atoms with van der Waals surface area (Å²) in [4.78, 5) is 26.2. The number of benzene rings is 1. The highest BCUT2D eigenvalue weighted by molar-refractivity contribution is 5.94. The standard InChI is InChI=1S/C19H26F3N3O4/c1-19(2,3)24-16(26)11-25-6-7-28-13(10-25)9-23-17(27)12-4-5-14(20)15(8-12)29-18(21)22/h4-5,8,13,18H,6-7,9-11H2,1-3H3,(H,23,27)(H,24,26)/t13-/m0/s1. The van der Waals surface area contributed by atoms with Crippen LogP contribution in [0.15, 0.2) is 18.2 Å². The highest BCUT2D eigenvalue weighted by Crippen LogP contribution is 2.21. The van der Waals surface area contributed by atoms with Gasteiger partial charge in [-0.15, -0.1) is 0 Å². The summed E-state index contributed by atoms with van der Waals surface area (Å²) in [7, 11) is 0. The van der Waals surface area contributed by atoms with Crippen molar-refractivity contribution in [2.45, 2.75) is 39.0 Å². The molecule has 1 aromatic carbocycles. The first-order valence-electron chi connectivity index (χ1n) is 9.21. The van der Waals surface area contributed by atoms with Gasteiger partial charge < -0.3 is 20.1 Å². The summed E-state index contributed by atoms with van der Waals surface area (Å²) in [5, 5.41) is 5.51. The van der Waals surface area contributed by atoms with E-state index < -0.39 is 24.1 Å². The maximum absolute atomic E-state index is 13.5. The summed E-state index contributed by atoms with van der Waals surface area (Å²) in [6, 6.07) is 2.98. The van der Waals surface area contributed by atoms with E-state index in [1.807, 2.05) is 25.7 Å². The molecule has 1 aliphatic heterocycles. The van der Waals surface area contributed by atoms with Gasteiger partial charge in [0.05, 0.1) is 19.3 Å². The molecule has 0 aliphatic carbocycles. The number of rotatable bonds is 7. The summed E-state index contributed by atoms with van der Waals surface area (Å²) >= 11 is 0. The van der Waals surface area contributed by atoms with Gasteiger partial charge in [0.25, 0.3) is 5.91 Å². The second-order valence-electron chi connectivity index (χ2n) is 7.76. The molecule has 1 atom stereocenters. The first kappa shape index (κ1) is 23.0. The second kappa shape index (κ2) is 9.93. The Bertz CT molecular complexity index is 725. The van der Waals surface area contributed by atoms with Crippen LogP contribution < -0.4 is 15.4 Å². The maximum atomic E-state index is 13.5. The van der Waals surface area contributed by atoms with E-state index in [0.717, 1.165) is 12.1 Å². The minimum absolute atomic E-state index is 0.0146. The number of carbonyl (C=O) groups is 2. The molecule has 0 spiro atoms. The maximum Gasteiger partial charge on any atom is 0.387 e. The van der Waals surface area contributed by atoms with Gasteiger partial charge in [-0.3, -0.25) is 14.5 Å². The summed E-state index contributed by atoms with van der Waals surface area (Å²) in [5.74, 6) is -2.35. The molecular weight excluding hydrogens is 391 g/mol. The van der Waals surface area contributed by atoms with Crippen molar-refractivity contribution in [3.63, 3.8) is 0 Å². The van der Waals surface area contributed by atoms with E-state index in [1.165, 1.54) is 6.07 Å². The average Bonchev–Trinajstić information content (AvgIpc) is 2.59. The third-order valence-electron chi connectivity index (χ3n) is 4.00. The number of amides is 2. The summed E-state index contributed by atoms with van der Waals surface area (Å²) < 4.78 is 47.7. The van der Waals surface area contributed by atoms with E-state index in [2.05, 4.69) is 15.4 Å². The van der Waals surface area contributed by atoms with Crippen molar-refractivity contribution in [2.75, 3.05) is 32.8 Å². The van der Waals surface area contributed by atoms with Crippen LogP contribution >= 0.6 is 0 Å². The minimum Gasteiger partial charge on any atom is -0.432 e. The average molecular weight is 417 g/mol. The third-order valence-corrected chi connectivity index (χ3v) is 4.00. The van der Waals surface area contributed by atoms with Crippen LogP contribution in [0, 0.1) is 5.82 Å². The molecule has 1 aliphatic rings. The molecular formula is C19H26F3N3O4. The van der Waals surface area contributed by atoms with Gasteiger partial charge in [-0.05, 0) is 39.0 Å². The molecule has 0 radical (unpaired) electrons. The number of hydrogen-bond donors (Lipinski definition) is 2. The topological polar surface area (TPSA) is 79.9 Å². The lowest BCUT2D eigenvalue weighted by Crippen LogP contribution is -2.52. The molecule has 1 saturated heterocycles. The lowest BCUT2D eigenvalue weighted by Gasteiger charge is -2.33. The van der Waals surface area contributed by atoms with Crippen LogP contribution in [0.2, 0.25) is 0 Å². The van der Waals surface area contributed by atoms with Crippen LogP contribution in [-0.4, -0.2) is 67.8 Å². The van der Waals surface area contributed by atoms with Crippen molar-refractivity contribution < 1.29 is 32.2 Å². The summed E-state index contributed by atoms with van der Waals surface area (Å²) in [5.41, 5.74) is -0.335. The van der Waals surface area contributed by atoms with Crippen LogP contribution in [0.3, 0.4) is 0 Å². The zero-order chi connectivity index (χ0) is 21.6. The minimum atomic E-state index is -3.19. The predicted octanol–water partition coefficient (Wildman–Crippen LogP) is 1.77. The Morgan fingerprint density at radius 2 is 2.07 bits per heavy atom. The highest BCUT2D eigenvalue weighted by atomic mass is 19.3. The molecule has 2 rings (SSSR count). The van der Waals surface area contributed by atoms with E-state index in [9.17, 15) is 22.8 Å². The van der Waals surface area contributed by atoms with E-state index in [0.29, 0.717) is 19.7 Å². The number of ether oxygens (including phenoxy) is 2. The lowest BCUT2D eigenvalue weighted by molar-refractivity contribution is -0.125. The van der Waals surface area contributed by atoms with E-state index in [-0.39, 0.29) is 36.2 Å². The van der Waals surface area contributed by atoms with Crippen molar-refractivity contribution in [2.24, 2.45) is 0 Å². The van der Waals surface area contributed by atoms with Crippen molar-refractivity contribution in [3.05, 3.63) is 29.6 Å². The van der Waals surface area contributed by atoms with Gasteiger partial charge in [0.1, 0.15) is 0 Å². The molecule has 1 fully saturated rings. The highest BCUT2D eigenvalue weighted by Gasteiger charge is 2.24. The molecule has 0 bridgehead atoms. The first-order chi connectivity index (χ1) is 13.5. The molecule has 162 valence electrons. The van der Waals surface area contributed by atoms with E-state index in [1.54, 1.807) is 0 Å². The second-order valence-corrected chi connectivity index (χ2v) is 7.76. The number of morpholine rings is 1. The molecule has 7 nitrogen and oxygen atoms in total. The summed E-state index contributed by atoms with van der Waals surface area (Å²) in [6.07, 6.45) is -0.340. The molecule has 0 unspecified atom stereocenters. The van der Waals surface area contributed by atoms with Crippen molar-refractivity contribution >= 4 is 11.8 Å². The van der Waals surface area contributed by atoms with Gasteiger partial charge >= 0.3 is 6.61 Å². The molecule has 1 heterocycles. The van der Waals surface area contributed by atoms with E-state index >= 15 is 0 Å². The lowest BCUT2D eigenvalue weighted by atomic mass is 10.1. The van der Waals surface area contributed by atoms with E-state index in [4.69, 9.17) is 4.74 Å². The molecule has 29 heavy (non-hydrogen) atoms. The molecule has 0 saturated carbocycles. The molecule has 2 amide bonds. The Morgan fingerprint density at radius 3 is 2.72 bits per heavy atom. The zero-order valence-electron chi connectivity index (χ0n) is 16.6. The quantitative estimate of drug-likeness (QED) is 0.707. The largest absolute Gasteiger partial charge is 0.432 e. The van der Waals surface area contributed by atoms with Gasteiger partial charge in [-0.25, -0.2) is 4.39 Å². The Hall–Kier alpha value is -2.33. The monoisotopic (exact) mass is 417 g/mol. The van der Waals surface area contributed by atoms with Crippen molar-refractivity contribution in [3.8, 4) is 5.75 Å².